The number of carbonyl (C=O) groups excluding carboxylic acids is 2. The van der Waals surface area contributed by atoms with Crippen molar-refractivity contribution < 1.29 is 14.0 Å². The van der Waals surface area contributed by atoms with Gasteiger partial charge in [-0.05, 0) is 42.3 Å². The van der Waals surface area contributed by atoms with Crippen molar-refractivity contribution in [2.75, 3.05) is 20.1 Å². The molecule has 2 aromatic carbocycles. The lowest BCUT2D eigenvalue weighted by atomic mass is 9.93. The molecule has 2 amide bonds. The minimum atomic E-state index is -0.519. The standard InChI is InChI=1S/C21H24FN3O2.ClH/c1-23-13-20(26)25-14-17-5-3-2-4-16(17)12-19(25)21(27)24-11-10-15-6-8-18(22)9-7-15;/h2-9,19,23H,10-14H2,1H3,(H,24,27);1H. The molecule has 0 radical (unpaired) electrons. The molecule has 0 aromatic heterocycles. The molecular weight excluding hydrogens is 381 g/mol. The molecule has 2 N–H and O–H groups in total. The molecule has 0 fully saturated rings. The summed E-state index contributed by atoms with van der Waals surface area (Å²) >= 11 is 0. The summed E-state index contributed by atoms with van der Waals surface area (Å²) in [5, 5.41) is 5.79. The fraction of sp³-hybridized carbons (Fsp3) is 0.333. The largest absolute Gasteiger partial charge is 0.354 e. The van der Waals surface area contributed by atoms with Crippen molar-refractivity contribution in [1.29, 1.82) is 0 Å². The smallest absolute Gasteiger partial charge is 0.243 e. The van der Waals surface area contributed by atoms with E-state index < -0.39 is 6.04 Å². The van der Waals surface area contributed by atoms with Crippen molar-refractivity contribution in [3.05, 3.63) is 71.0 Å². The number of rotatable bonds is 6. The molecule has 28 heavy (non-hydrogen) atoms. The van der Waals surface area contributed by atoms with Gasteiger partial charge in [-0.1, -0.05) is 36.4 Å². The Morgan fingerprint density at radius 2 is 1.79 bits per heavy atom. The van der Waals surface area contributed by atoms with Gasteiger partial charge in [0.15, 0.2) is 0 Å². The number of hydrogen-bond donors (Lipinski definition) is 2. The highest BCUT2D eigenvalue weighted by Gasteiger charge is 2.33. The number of halogens is 2. The zero-order chi connectivity index (χ0) is 19.2. The average molecular weight is 406 g/mol. The molecule has 0 aliphatic carbocycles. The fourth-order valence-corrected chi connectivity index (χ4v) is 3.37. The average Bonchev–Trinajstić information content (AvgIpc) is 2.68. The van der Waals surface area contributed by atoms with Gasteiger partial charge in [0.2, 0.25) is 11.8 Å². The first-order valence-corrected chi connectivity index (χ1v) is 9.11. The number of fused-ring (bicyclic) bond motifs is 1. The Kier molecular flexibility index (Phi) is 7.96. The molecule has 1 atom stereocenters. The molecule has 0 saturated carbocycles. The van der Waals surface area contributed by atoms with Gasteiger partial charge in [0.05, 0.1) is 6.54 Å². The zero-order valence-corrected chi connectivity index (χ0v) is 16.6. The first kappa shape index (κ1) is 21.9. The highest BCUT2D eigenvalue weighted by molar-refractivity contribution is 5.89. The number of nitrogens with zero attached hydrogens (tertiary/aromatic N) is 1. The molecule has 150 valence electrons. The van der Waals surface area contributed by atoms with Gasteiger partial charge < -0.3 is 15.5 Å². The van der Waals surface area contributed by atoms with Crippen LogP contribution in [0.3, 0.4) is 0 Å². The van der Waals surface area contributed by atoms with Crippen LogP contribution in [0.1, 0.15) is 16.7 Å². The van der Waals surface area contributed by atoms with E-state index in [1.807, 2.05) is 24.3 Å². The Morgan fingerprint density at radius 3 is 2.46 bits per heavy atom. The molecule has 5 nitrogen and oxygen atoms in total. The molecule has 1 unspecified atom stereocenters. The molecule has 0 spiro atoms. The van der Waals surface area contributed by atoms with E-state index in [9.17, 15) is 14.0 Å². The van der Waals surface area contributed by atoms with Crippen LogP contribution in [-0.2, 0) is 29.0 Å². The molecule has 2 aromatic rings. The second kappa shape index (κ2) is 10.2. The van der Waals surface area contributed by atoms with Crippen molar-refractivity contribution in [2.24, 2.45) is 0 Å². The molecule has 1 heterocycles. The third-order valence-electron chi connectivity index (χ3n) is 4.83. The summed E-state index contributed by atoms with van der Waals surface area (Å²) < 4.78 is 13.0. The maximum absolute atomic E-state index is 13.0. The number of amides is 2. The first-order chi connectivity index (χ1) is 13.1. The highest BCUT2D eigenvalue weighted by Crippen LogP contribution is 2.23. The van der Waals surface area contributed by atoms with E-state index in [2.05, 4.69) is 10.6 Å². The summed E-state index contributed by atoms with van der Waals surface area (Å²) in [6, 6.07) is 13.6. The maximum atomic E-state index is 13.0. The highest BCUT2D eigenvalue weighted by atomic mass is 35.5. The van der Waals surface area contributed by atoms with E-state index in [1.54, 1.807) is 24.1 Å². The minimum absolute atomic E-state index is 0. The number of nitrogens with one attached hydrogen (secondary N) is 2. The summed E-state index contributed by atoms with van der Waals surface area (Å²) in [5.41, 5.74) is 3.14. The van der Waals surface area contributed by atoms with E-state index in [0.29, 0.717) is 25.9 Å². The second-order valence-corrected chi connectivity index (χ2v) is 6.71. The SMILES string of the molecule is CNCC(=O)N1Cc2ccccc2CC1C(=O)NCCc1ccc(F)cc1.Cl. The molecule has 1 aliphatic rings. The Hall–Kier alpha value is -2.44. The Labute approximate surface area is 170 Å². The van der Waals surface area contributed by atoms with Crippen LogP contribution in [0, 0.1) is 5.82 Å². The van der Waals surface area contributed by atoms with Crippen LogP contribution in [0.25, 0.3) is 0 Å². The Bertz CT molecular complexity index is 814. The summed E-state index contributed by atoms with van der Waals surface area (Å²) in [6.45, 7) is 1.07. The first-order valence-electron chi connectivity index (χ1n) is 9.11. The monoisotopic (exact) mass is 405 g/mol. The van der Waals surface area contributed by atoms with Gasteiger partial charge in [0.25, 0.3) is 0 Å². The normalized spacial score (nSPS) is 15.4. The lowest BCUT2D eigenvalue weighted by molar-refractivity contribution is -0.141. The van der Waals surface area contributed by atoms with E-state index in [-0.39, 0.29) is 36.6 Å². The number of benzene rings is 2. The van der Waals surface area contributed by atoms with E-state index >= 15 is 0 Å². The van der Waals surface area contributed by atoms with Crippen LogP contribution >= 0.6 is 12.4 Å². The fourth-order valence-electron chi connectivity index (χ4n) is 3.37. The molecule has 3 rings (SSSR count). The molecule has 1 aliphatic heterocycles. The summed E-state index contributed by atoms with van der Waals surface area (Å²) in [6.07, 6.45) is 1.12. The van der Waals surface area contributed by atoms with Crippen LogP contribution in [0.5, 0.6) is 0 Å². The van der Waals surface area contributed by atoms with Crippen molar-refractivity contribution in [1.82, 2.24) is 15.5 Å². The maximum Gasteiger partial charge on any atom is 0.243 e. The van der Waals surface area contributed by atoms with E-state index in [1.165, 1.54) is 12.1 Å². The van der Waals surface area contributed by atoms with Crippen molar-refractivity contribution in [3.8, 4) is 0 Å². The van der Waals surface area contributed by atoms with Crippen molar-refractivity contribution >= 4 is 24.2 Å². The third kappa shape index (κ3) is 5.30. The quantitative estimate of drug-likeness (QED) is 0.773. The van der Waals surface area contributed by atoms with Crippen LogP contribution in [0.4, 0.5) is 4.39 Å². The van der Waals surface area contributed by atoms with Gasteiger partial charge in [-0.3, -0.25) is 9.59 Å². The van der Waals surface area contributed by atoms with Crippen LogP contribution < -0.4 is 10.6 Å². The predicted octanol–water partition coefficient (Wildman–Crippen LogP) is 2.08. The van der Waals surface area contributed by atoms with Gasteiger partial charge in [-0.15, -0.1) is 12.4 Å². The van der Waals surface area contributed by atoms with Crippen LogP contribution in [0.2, 0.25) is 0 Å². The Morgan fingerprint density at radius 1 is 1.11 bits per heavy atom. The van der Waals surface area contributed by atoms with E-state index in [4.69, 9.17) is 0 Å². The zero-order valence-electron chi connectivity index (χ0n) is 15.8. The van der Waals surface area contributed by atoms with E-state index in [0.717, 1.165) is 16.7 Å². The van der Waals surface area contributed by atoms with Gasteiger partial charge >= 0.3 is 0 Å². The van der Waals surface area contributed by atoms with Gasteiger partial charge in [-0.25, -0.2) is 4.39 Å². The number of hydrogen-bond acceptors (Lipinski definition) is 3. The molecule has 0 saturated heterocycles. The topological polar surface area (TPSA) is 61.4 Å². The number of likely N-dealkylation sites (N-methyl/N-ethyl adjacent to an activating group) is 1. The van der Waals surface area contributed by atoms with Crippen LogP contribution in [0.15, 0.2) is 48.5 Å². The minimum Gasteiger partial charge on any atom is -0.354 e. The molecule has 0 bridgehead atoms. The van der Waals surface area contributed by atoms with Gasteiger partial charge in [-0.2, -0.15) is 0 Å². The van der Waals surface area contributed by atoms with Crippen molar-refractivity contribution in [3.63, 3.8) is 0 Å². The third-order valence-corrected chi connectivity index (χ3v) is 4.83. The van der Waals surface area contributed by atoms with Crippen LogP contribution in [-0.4, -0.2) is 42.9 Å². The van der Waals surface area contributed by atoms with Crippen molar-refractivity contribution in [2.45, 2.75) is 25.4 Å². The predicted molar refractivity (Wildman–Crippen MR) is 109 cm³/mol. The molecule has 7 heteroatoms. The summed E-state index contributed by atoms with van der Waals surface area (Å²) in [5.74, 6) is -0.524. The lowest BCUT2D eigenvalue weighted by Crippen LogP contribution is -2.54. The Balaban J connectivity index is 0.00000280. The lowest BCUT2D eigenvalue weighted by Gasteiger charge is -2.36. The second-order valence-electron chi connectivity index (χ2n) is 6.71. The molecular formula is C21H25ClFN3O2. The summed E-state index contributed by atoms with van der Waals surface area (Å²) in [4.78, 5) is 26.9. The van der Waals surface area contributed by atoms with Gasteiger partial charge in [0, 0.05) is 19.5 Å². The summed E-state index contributed by atoms with van der Waals surface area (Å²) in [7, 11) is 1.72. The number of carbonyl (C=O) groups is 2. The van der Waals surface area contributed by atoms with Gasteiger partial charge in [0.1, 0.15) is 11.9 Å².